The Morgan fingerprint density at radius 1 is 0.941 bits per heavy atom. The molecule has 0 heterocycles. The average Bonchev–Trinajstić information content (AvgIpc) is 3.08. The van der Waals surface area contributed by atoms with E-state index < -0.39 is 41.8 Å². The van der Waals surface area contributed by atoms with E-state index in [4.69, 9.17) is 14.6 Å². The van der Waals surface area contributed by atoms with Crippen molar-refractivity contribution in [3.8, 4) is 11.1 Å². The molecule has 1 aliphatic rings. The van der Waals surface area contributed by atoms with Crippen LogP contribution >= 0.6 is 0 Å². The lowest BCUT2D eigenvalue weighted by Gasteiger charge is -2.31. The van der Waals surface area contributed by atoms with E-state index >= 15 is 0 Å². The number of carbonyl (C=O) groups excluding carboxylic acids is 2. The largest absolute Gasteiger partial charge is 0.480 e. The van der Waals surface area contributed by atoms with Gasteiger partial charge in [-0.1, -0.05) is 48.5 Å². The molecule has 2 amide bonds. The van der Waals surface area contributed by atoms with Gasteiger partial charge in [0.2, 0.25) is 5.91 Å². The van der Waals surface area contributed by atoms with E-state index in [1.807, 2.05) is 69.3 Å². The lowest BCUT2D eigenvalue weighted by atomic mass is 9.98. The van der Waals surface area contributed by atoms with Crippen molar-refractivity contribution in [2.75, 3.05) is 6.61 Å². The zero-order valence-electron chi connectivity index (χ0n) is 20.1. The molecule has 0 aliphatic heterocycles. The van der Waals surface area contributed by atoms with Crippen LogP contribution in [0.3, 0.4) is 0 Å². The second-order valence-electron chi connectivity index (χ2n) is 9.45. The maximum Gasteiger partial charge on any atom is 0.407 e. The minimum Gasteiger partial charge on any atom is -0.480 e. The number of hydrogen-bond donors (Lipinski definition) is 3. The monoisotopic (exact) mass is 468 g/mol. The molecule has 0 fully saturated rings. The third-order valence-electron chi connectivity index (χ3n) is 5.64. The van der Waals surface area contributed by atoms with Crippen LogP contribution in [0.2, 0.25) is 0 Å². The standard InChI is InChI=1S/C26H32N2O6/c1-15(24(30)31)27-23(29)22(16(2)34-26(3,4)5)28-25(32)33-14-21-19-12-8-6-10-17(19)18-11-7-9-13-20(18)21/h6-13,15-16,21-22H,14H2,1-5H3,(H,27,29)(H,28,32)(H,30,31)/t15?,16-,22+/m1/s1. The van der Waals surface area contributed by atoms with Gasteiger partial charge in [0.05, 0.1) is 11.7 Å². The molecule has 0 saturated heterocycles. The first-order valence-electron chi connectivity index (χ1n) is 11.3. The number of ether oxygens (including phenoxy) is 2. The molecule has 0 spiro atoms. The van der Waals surface area contributed by atoms with Crippen molar-refractivity contribution in [3.63, 3.8) is 0 Å². The number of benzene rings is 2. The van der Waals surface area contributed by atoms with Gasteiger partial charge in [0.15, 0.2) is 0 Å². The van der Waals surface area contributed by atoms with Crippen molar-refractivity contribution in [1.82, 2.24) is 10.6 Å². The predicted octanol–water partition coefficient (Wildman–Crippen LogP) is 3.69. The Bertz CT molecular complexity index is 1020. The summed E-state index contributed by atoms with van der Waals surface area (Å²) in [5.41, 5.74) is 3.79. The van der Waals surface area contributed by atoms with Crippen LogP contribution in [0.15, 0.2) is 48.5 Å². The maximum atomic E-state index is 12.8. The Morgan fingerprint density at radius 3 is 1.97 bits per heavy atom. The van der Waals surface area contributed by atoms with E-state index in [2.05, 4.69) is 10.6 Å². The summed E-state index contributed by atoms with van der Waals surface area (Å²) in [6.45, 7) is 8.56. The SMILES string of the molecule is CC(NC(=O)[C@@H](NC(=O)OCC1c2ccccc2-c2ccccc21)[C@@H](C)OC(C)(C)C)C(=O)O. The molecule has 0 radical (unpaired) electrons. The van der Waals surface area contributed by atoms with Crippen LogP contribution in [-0.2, 0) is 19.1 Å². The highest BCUT2D eigenvalue weighted by molar-refractivity contribution is 5.89. The van der Waals surface area contributed by atoms with E-state index in [-0.39, 0.29) is 12.5 Å². The molecule has 3 atom stereocenters. The molecule has 3 N–H and O–H groups in total. The average molecular weight is 469 g/mol. The van der Waals surface area contributed by atoms with Gasteiger partial charge >= 0.3 is 12.1 Å². The van der Waals surface area contributed by atoms with Crippen molar-refractivity contribution in [2.45, 2.75) is 64.3 Å². The summed E-state index contributed by atoms with van der Waals surface area (Å²) in [5.74, 6) is -1.97. The Balaban J connectivity index is 1.72. The molecular weight excluding hydrogens is 436 g/mol. The first-order chi connectivity index (χ1) is 16.0. The Hall–Kier alpha value is -3.39. The lowest BCUT2D eigenvalue weighted by molar-refractivity contribution is -0.143. The van der Waals surface area contributed by atoms with Crippen molar-refractivity contribution in [1.29, 1.82) is 0 Å². The van der Waals surface area contributed by atoms with Crippen LogP contribution in [-0.4, -0.2) is 53.5 Å². The van der Waals surface area contributed by atoms with Crippen LogP contribution in [0.4, 0.5) is 4.79 Å². The molecular formula is C26H32N2O6. The van der Waals surface area contributed by atoms with E-state index in [9.17, 15) is 14.4 Å². The number of carbonyl (C=O) groups is 3. The van der Waals surface area contributed by atoms with E-state index in [0.717, 1.165) is 22.3 Å². The number of fused-ring (bicyclic) bond motifs is 3. The second-order valence-corrected chi connectivity index (χ2v) is 9.45. The summed E-state index contributed by atoms with van der Waals surface area (Å²) in [7, 11) is 0. The molecule has 2 aromatic carbocycles. The third-order valence-corrected chi connectivity index (χ3v) is 5.64. The van der Waals surface area contributed by atoms with Crippen LogP contribution in [0.1, 0.15) is 51.7 Å². The van der Waals surface area contributed by atoms with Crippen LogP contribution in [0.5, 0.6) is 0 Å². The summed E-state index contributed by atoms with van der Waals surface area (Å²) in [4.78, 5) is 36.7. The van der Waals surface area contributed by atoms with E-state index in [1.54, 1.807) is 6.92 Å². The number of hydrogen-bond acceptors (Lipinski definition) is 5. The number of rotatable bonds is 8. The minimum atomic E-state index is -1.18. The quantitative estimate of drug-likeness (QED) is 0.545. The highest BCUT2D eigenvalue weighted by atomic mass is 16.6. The molecule has 8 heteroatoms. The topological polar surface area (TPSA) is 114 Å². The van der Waals surface area contributed by atoms with Gasteiger partial charge in [-0.15, -0.1) is 0 Å². The summed E-state index contributed by atoms with van der Waals surface area (Å²) >= 11 is 0. The van der Waals surface area contributed by atoms with Gasteiger partial charge in [0.1, 0.15) is 18.7 Å². The summed E-state index contributed by atoms with van der Waals surface area (Å²) in [6.07, 6.45) is -1.52. The molecule has 2 aromatic rings. The molecule has 0 saturated carbocycles. The van der Waals surface area contributed by atoms with Crippen LogP contribution in [0.25, 0.3) is 11.1 Å². The van der Waals surface area contributed by atoms with Gasteiger partial charge in [-0.05, 0) is 56.9 Å². The fraction of sp³-hybridized carbons (Fsp3) is 0.423. The van der Waals surface area contributed by atoms with E-state index in [0.29, 0.717) is 0 Å². The number of carboxylic acid groups (broad SMARTS) is 1. The number of aliphatic carboxylic acids is 1. The minimum absolute atomic E-state index is 0.0915. The molecule has 3 rings (SSSR count). The van der Waals surface area contributed by atoms with E-state index in [1.165, 1.54) is 6.92 Å². The normalized spacial score (nSPS) is 15.4. The smallest absolute Gasteiger partial charge is 0.407 e. The van der Waals surface area contributed by atoms with Gasteiger partial charge < -0.3 is 25.2 Å². The first kappa shape index (κ1) is 25.2. The number of nitrogens with one attached hydrogen (secondary N) is 2. The van der Waals surface area contributed by atoms with Gasteiger partial charge in [0, 0.05) is 5.92 Å². The first-order valence-corrected chi connectivity index (χ1v) is 11.3. The van der Waals surface area contributed by atoms with Gasteiger partial charge in [-0.2, -0.15) is 0 Å². The molecule has 1 unspecified atom stereocenters. The molecule has 8 nitrogen and oxygen atoms in total. The molecule has 0 bridgehead atoms. The molecule has 0 aromatic heterocycles. The summed E-state index contributed by atoms with van der Waals surface area (Å²) in [5, 5.41) is 14.1. The van der Waals surface area contributed by atoms with Crippen molar-refractivity contribution >= 4 is 18.0 Å². The van der Waals surface area contributed by atoms with Crippen LogP contribution < -0.4 is 10.6 Å². The fourth-order valence-electron chi connectivity index (χ4n) is 4.15. The predicted molar refractivity (Wildman–Crippen MR) is 128 cm³/mol. The third kappa shape index (κ3) is 5.94. The second kappa shape index (κ2) is 10.3. The number of carboxylic acids is 1. The molecule has 182 valence electrons. The molecule has 34 heavy (non-hydrogen) atoms. The fourth-order valence-corrected chi connectivity index (χ4v) is 4.15. The Morgan fingerprint density at radius 2 is 1.47 bits per heavy atom. The number of amides is 2. The van der Waals surface area contributed by atoms with Crippen LogP contribution in [0, 0.1) is 0 Å². The lowest BCUT2D eigenvalue weighted by Crippen LogP contribution is -2.56. The highest BCUT2D eigenvalue weighted by Crippen LogP contribution is 2.44. The van der Waals surface area contributed by atoms with Gasteiger partial charge in [-0.25, -0.2) is 4.79 Å². The molecule has 1 aliphatic carbocycles. The van der Waals surface area contributed by atoms with Crippen molar-refractivity contribution in [2.24, 2.45) is 0 Å². The van der Waals surface area contributed by atoms with Crippen molar-refractivity contribution in [3.05, 3.63) is 59.7 Å². The zero-order valence-corrected chi connectivity index (χ0v) is 20.1. The van der Waals surface area contributed by atoms with Gasteiger partial charge in [0.25, 0.3) is 0 Å². The summed E-state index contributed by atoms with van der Waals surface area (Å²) in [6, 6.07) is 13.7. The summed E-state index contributed by atoms with van der Waals surface area (Å²) < 4.78 is 11.4. The highest BCUT2D eigenvalue weighted by Gasteiger charge is 2.34. The Labute approximate surface area is 199 Å². The number of alkyl carbamates (subject to hydrolysis) is 1. The van der Waals surface area contributed by atoms with Gasteiger partial charge in [-0.3, -0.25) is 9.59 Å². The zero-order chi connectivity index (χ0) is 25.0. The van der Waals surface area contributed by atoms with Crippen molar-refractivity contribution < 1.29 is 29.0 Å². The maximum absolute atomic E-state index is 12.8. The Kier molecular flexibility index (Phi) is 7.61.